The third-order valence-corrected chi connectivity index (χ3v) is 3.87. The molecule has 4 heteroatoms. The van der Waals surface area contributed by atoms with Crippen molar-refractivity contribution in [3.8, 4) is 5.75 Å². The Morgan fingerprint density at radius 2 is 2.35 bits per heavy atom. The number of hydrogen-bond donors (Lipinski definition) is 1. The Balaban J connectivity index is 2.02. The van der Waals surface area contributed by atoms with E-state index in [0.717, 1.165) is 35.5 Å². The molecule has 1 heterocycles. The molecule has 1 aromatic rings. The fourth-order valence-corrected chi connectivity index (χ4v) is 2.49. The SMILES string of the molecule is COc1cc(NC(C)C2CCOC2)ccc1Br. The summed E-state index contributed by atoms with van der Waals surface area (Å²) in [5, 5.41) is 3.50. The van der Waals surface area contributed by atoms with Gasteiger partial charge in [0.1, 0.15) is 5.75 Å². The van der Waals surface area contributed by atoms with Gasteiger partial charge in [-0.05, 0) is 41.4 Å². The molecule has 2 atom stereocenters. The molecule has 3 nitrogen and oxygen atoms in total. The van der Waals surface area contributed by atoms with Gasteiger partial charge in [-0.2, -0.15) is 0 Å². The Morgan fingerprint density at radius 1 is 1.53 bits per heavy atom. The molecule has 94 valence electrons. The summed E-state index contributed by atoms with van der Waals surface area (Å²) in [6.07, 6.45) is 1.14. The highest BCUT2D eigenvalue weighted by molar-refractivity contribution is 9.10. The van der Waals surface area contributed by atoms with Crippen molar-refractivity contribution in [3.05, 3.63) is 22.7 Å². The van der Waals surface area contributed by atoms with Crippen molar-refractivity contribution in [1.29, 1.82) is 0 Å². The predicted octanol–water partition coefficient (Wildman–Crippen LogP) is 3.29. The Hall–Kier alpha value is -0.740. The summed E-state index contributed by atoms with van der Waals surface area (Å²) in [7, 11) is 1.68. The van der Waals surface area contributed by atoms with Gasteiger partial charge in [0.2, 0.25) is 0 Å². The number of nitrogens with one attached hydrogen (secondary N) is 1. The van der Waals surface area contributed by atoms with Crippen molar-refractivity contribution in [1.82, 2.24) is 0 Å². The van der Waals surface area contributed by atoms with Crippen molar-refractivity contribution in [2.45, 2.75) is 19.4 Å². The summed E-state index contributed by atoms with van der Waals surface area (Å²) in [6, 6.07) is 6.48. The fourth-order valence-electron chi connectivity index (χ4n) is 2.08. The van der Waals surface area contributed by atoms with Crippen LogP contribution in [0.3, 0.4) is 0 Å². The van der Waals surface area contributed by atoms with Crippen LogP contribution in [0.2, 0.25) is 0 Å². The molecular weight excluding hydrogens is 282 g/mol. The van der Waals surface area contributed by atoms with E-state index in [1.807, 2.05) is 12.1 Å². The zero-order chi connectivity index (χ0) is 12.3. The average molecular weight is 300 g/mol. The number of rotatable bonds is 4. The lowest BCUT2D eigenvalue weighted by Gasteiger charge is -2.21. The normalized spacial score (nSPS) is 21.2. The van der Waals surface area contributed by atoms with Gasteiger partial charge in [-0.3, -0.25) is 0 Å². The van der Waals surface area contributed by atoms with Gasteiger partial charge in [-0.15, -0.1) is 0 Å². The molecule has 1 saturated heterocycles. The molecule has 0 spiro atoms. The van der Waals surface area contributed by atoms with Crippen LogP contribution in [0.15, 0.2) is 22.7 Å². The van der Waals surface area contributed by atoms with Crippen LogP contribution in [0.5, 0.6) is 5.75 Å². The molecule has 2 rings (SSSR count). The van der Waals surface area contributed by atoms with Crippen molar-refractivity contribution in [2.75, 3.05) is 25.6 Å². The third kappa shape index (κ3) is 3.13. The van der Waals surface area contributed by atoms with E-state index in [4.69, 9.17) is 9.47 Å². The predicted molar refractivity (Wildman–Crippen MR) is 72.7 cm³/mol. The van der Waals surface area contributed by atoms with Gasteiger partial charge in [0.15, 0.2) is 0 Å². The van der Waals surface area contributed by atoms with Crippen LogP contribution in [-0.2, 0) is 4.74 Å². The smallest absolute Gasteiger partial charge is 0.135 e. The highest BCUT2D eigenvalue weighted by atomic mass is 79.9. The summed E-state index contributed by atoms with van der Waals surface area (Å²) in [5.74, 6) is 1.45. The molecule has 1 N–H and O–H groups in total. The Morgan fingerprint density at radius 3 is 3.00 bits per heavy atom. The van der Waals surface area contributed by atoms with Crippen LogP contribution < -0.4 is 10.1 Å². The van der Waals surface area contributed by atoms with Gasteiger partial charge in [0, 0.05) is 30.3 Å². The van der Waals surface area contributed by atoms with Crippen molar-refractivity contribution < 1.29 is 9.47 Å². The Bertz CT molecular complexity index is 378. The number of anilines is 1. The first-order chi connectivity index (χ1) is 8.20. The first-order valence-corrected chi connectivity index (χ1v) is 6.68. The molecule has 0 radical (unpaired) electrons. The van der Waals surface area contributed by atoms with E-state index in [9.17, 15) is 0 Å². The van der Waals surface area contributed by atoms with E-state index in [1.54, 1.807) is 7.11 Å². The minimum Gasteiger partial charge on any atom is -0.495 e. The molecule has 1 aromatic carbocycles. The zero-order valence-electron chi connectivity index (χ0n) is 10.2. The van der Waals surface area contributed by atoms with Gasteiger partial charge in [0.05, 0.1) is 18.2 Å². The molecule has 17 heavy (non-hydrogen) atoms. The highest BCUT2D eigenvalue weighted by Crippen LogP contribution is 2.29. The molecule has 0 saturated carbocycles. The lowest BCUT2D eigenvalue weighted by atomic mass is 10.0. The molecular formula is C13H18BrNO2. The van der Waals surface area contributed by atoms with Crippen molar-refractivity contribution in [3.63, 3.8) is 0 Å². The molecule has 2 unspecified atom stereocenters. The summed E-state index contributed by atoms with van der Waals surface area (Å²) in [5.41, 5.74) is 1.09. The second-order valence-corrected chi connectivity index (χ2v) is 5.26. The standard InChI is InChI=1S/C13H18BrNO2/c1-9(10-5-6-17-8-10)15-11-3-4-12(14)13(7-11)16-2/h3-4,7,9-10,15H,5-6,8H2,1-2H3. The van der Waals surface area contributed by atoms with Gasteiger partial charge in [-0.1, -0.05) is 0 Å². The van der Waals surface area contributed by atoms with Crippen LogP contribution in [0.25, 0.3) is 0 Å². The maximum Gasteiger partial charge on any atom is 0.135 e. The van der Waals surface area contributed by atoms with Gasteiger partial charge >= 0.3 is 0 Å². The average Bonchev–Trinajstić information content (AvgIpc) is 2.85. The second-order valence-electron chi connectivity index (χ2n) is 4.41. The first kappa shape index (κ1) is 12.7. The fraction of sp³-hybridized carbons (Fsp3) is 0.538. The van der Waals surface area contributed by atoms with Crippen LogP contribution in [0.4, 0.5) is 5.69 Å². The maximum absolute atomic E-state index is 5.41. The number of hydrogen-bond acceptors (Lipinski definition) is 3. The van der Waals surface area contributed by atoms with E-state index in [0.29, 0.717) is 12.0 Å². The number of ether oxygens (including phenoxy) is 2. The van der Waals surface area contributed by atoms with E-state index < -0.39 is 0 Å². The largest absolute Gasteiger partial charge is 0.495 e. The molecule has 1 aliphatic heterocycles. The number of methoxy groups -OCH3 is 1. The van der Waals surface area contributed by atoms with E-state index in [-0.39, 0.29) is 0 Å². The second kappa shape index (κ2) is 5.74. The van der Waals surface area contributed by atoms with E-state index in [2.05, 4.69) is 34.2 Å². The van der Waals surface area contributed by atoms with Crippen molar-refractivity contribution >= 4 is 21.6 Å². The summed E-state index contributed by atoms with van der Waals surface area (Å²) in [6.45, 7) is 3.95. The number of halogens is 1. The Labute approximate surface area is 111 Å². The third-order valence-electron chi connectivity index (χ3n) is 3.22. The highest BCUT2D eigenvalue weighted by Gasteiger charge is 2.22. The molecule has 1 aliphatic rings. The van der Waals surface area contributed by atoms with Crippen LogP contribution in [-0.4, -0.2) is 26.4 Å². The van der Waals surface area contributed by atoms with Crippen LogP contribution in [0, 0.1) is 5.92 Å². The monoisotopic (exact) mass is 299 g/mol. The first-order valence-electron chi connectivity index (χ1n) is 5.88. The molecule has 0 aliphatic carbocycles. The number of benzene rings is 1. The summed E-state index contributed by atoms with van der Waals surface area (Å²) in [4.78, 5) is 0. The van der Waals surface area contributed by atoms with Gasteiger partial charge in [-0.25, -0.2) is 0 Å². The van der Waals surface area contributed by atoms with Gasteiger partial charge < -0.3 is 14.8 Å². The van der Waals surface area contributed by atoms with Crippen molar-refractivity contribution in [2.24, 2.45) is 5.92 Å². The quantitative estimate of drug-likeness (QED) is 0.925. The zero-order valence-corrected chi connectivity index (χ0v) is 11.8. The minimum absolute atomic E-state index is 0.420. The van der Waals surface area contributed by atoms with Crippen LogP contribution in [0.1, 0.15) is 13.3 Å². The summed E-state index contributed by atoms with van der Waals surface area (Å²) < 4.78 is 11.7. The molecule has 0 aromatic heterocycles. The Kier molecular flexibility index (Phi) is 4.29. The maximum atomic E-state index is 5.41. The van der Waals surface area contributed by atoms with E-state index >= 15 is 0 Å². The minimum atomic E-state index is 0.420. The van der Waals surface area contributed by atoms with Gasteiger partial charge in [0.25, 0.3) is 0 Å². The summed E-state index contributed by atoms with van der Waals surface area (Å²) >= 11 is 3.45. The lowest BCUT2D eigenvalue weighted by molar-refractivity contribution is 0.183. The van der Waals surface area contributed by atoms with Crippen LogP contribution >= 0.6 is 15.9 Å². The molecule has 0 amide bonds. The lowest BCUT2D eigenvalue weighted by Crippen LogP contribution is -2.26. The topological polar surface area (TPSA) is 30.5 Å². The molecule has 0 bridgehead atoms. The van der Waals surface area contributed by atoms with E-state index in [1.165, 1.54) is 0 Å². The molecule has 1 fully saturated rings.